The molecule has 0 saturated heterocycles. The number of aliphatic hydroxyl groups is 2. The molecule has 9 N–H and O–H groups in total. The van der Waals surface area contributed by atoms with Crippen LogP contribution >= 0.6 is 0 Å². The first-order valence-electron chi connectivity index (χ1n) is 5.19. The first-order chi connectivity index (χ1) is 8.65. The predicted octanol–water partition coefficient (Wildman–Crippen LogP) is -3.62. The molecule has 0 spiro atoms. The van der Waals surface area contributed by atoms with Crippen LogP contribution in [-0.4, -0.2) is 60.0 Å². The molecule has 0 aromatic carbocycles. The number of aromatic nitrogens is 4. The molecule has 114 valence electrons. The van der Waals surface area contributed by atoms with Gasteiger partial charge in [0.2, 0.25) is 5.95 Å². The number of nitrogens with two attached hydrogens (primary N) is 1. The normalized spacial score (nSPS) is 10.3. The fourth-order valence-corrected chi connectivity index (χ4v) is 1.41. The lowest BCUT2D eigenvalue weighted by molar-refractivity contribution is -0.0488. The maximum absolute atomic E-state index is 11.5. The van der Waals surface area contributed by atoms with Crippen molar-refractivity contribution < 1.29 is 25.9 Å². The summed E-state index contributed by atoms with van der Waals surface area (Å²) in [6, 6.07) is 0. The molecule has 2 rings (SSSR count). The van der Waals surface area contributed by atoms with Crippen molar-refractivity contribution in [1.82, 2.24) is 19.5 Å². The highest BCUT2D eigenvalue weighted by atomic mass is 16.5. The van der Waals surface area contributed by atoms with Gasteiger partial charge in [-0.05, 0) is 0 Å². The number of anilines is 1. The van der Waals surface area contributed by atoms with E-state index in [2.05, 4.69) is 15.0 Å². The van der Waals surface area contributed by atoms with Gasteiger partial charge in [-0.2, -0.15) is 4.98 Å². The average Bonchev–Trinajstić information content (AvgIpc) is 2.74. The SMILES string of the molecule is Nc1nc2c(ncn2COC(CO)CO)c(=O)[nH]1.O.O. The summed E-state index contributed by atoms with van der Waals surface area (Å²) in [5.41, 5.74) is 5.43. The van der Waals surface area contributed by atoms with Crippen LogP contribution in [0.25, 0.3) is 11.2 Å². The highest BCUT2D eigenvalue weighted by molar-refractivity contribution is 5.70. The van der Waals surface area contributed by atoms with Gasteiger partial charge in [0, 0.05) is 0 Å². The number of H-pyrrole nitrogens is 1. The Kier molecular flexibility index (Phi) is 6.75. The van der Waals surface area contributed by atoms with Gasteiger partial charge in [0.25, 0.3) is 5.56 Å². The van der Waals surface area contributed by atoms with Crippen molar-refractivity contribution in [3.8, 4) is 0 Å². The number of rotatable bonds is 5. The third-order valence-corrected chi connectivity index (χ3v) is 2.35. The Hall–Kier alpha value is -2.05. The van der Waals surface area contributed by atoms with Gasteiger partial charge in [0.15, 0.2) is 11.2 Å². The molecule has 11 nitrogen and oxygen atoms in total. The number of nitrogen functional groups attached to an aromatic ring is 1. The molecule has 0 radical (unpaired) electrons. The first-order valence-corrected chi connectivity index (χ1v) is 5.19. The predicted molar refractivity (Wildman–Crippen MR) is 68.8 cm³/mol. The zero-order valence-corrected chi connectivity index (χ0v) is 10.4. The van der Waals surface area contributed by atoms with Gasteiger partial charge < -0.3 is 31.6 Å². The van der Waals surface area contributed by atoms with Gasteiger partial charge in [-0.1, -0.05) is 0 Å². The summed E-state index contributed by atoms with van der Waals surface area (Å²) in [6.45, 7) is -0.614. The molecule has 0 unspecified atom stereocenters. The van der Waals surface area contributed by atoms with Crippen molar-refractivity contribution in [3.05, 3.63) is 16.7 Å². The molecule has 2 aromatic heterocycles. The minimum atomic E-state index is -0.693. The number of aliphatic hydroxyl groups excluding tert-OH is 2. The number of fused-ring (bicyclic) bond motifs is 1. The van der Waals surface area contributed by atoms with Crippen LogP contribution in [0.4, 0.5) is 5.95 Å². The summed E-state index contributed by atoms with van der Waals surface area (Å²) >= 11 is 0. The third kappa shape index (κ3) is 3.49. The van der Waals surface area contributed by atoms with E-state index < -0.39 is 11.7 Å². The lowest BCUT2D eigenvalue weighted by Gasteiger charge is -2.12. The minimum Gasteiger partial charge on any atom is -0.412 e. The standard InChI is InChI=1S/C9H13N5O4.2H2O/c10-9-12-7-6(8(17)13-9)11-3-14(7)4-18-5(1-15)2-16;;/h3,5,15-16H,1-2,4H2,(H3,10,12,13,17);2*1H2. The Labute approximate surface area is 112 Å². The maximum Gasteiger partial charge on any atom is 0.280 e. The van der Waals surface area contributed by atoms with E-state index in [0.717, 1.165) is 0 Å². The molecule has 0 saturated carbocycles. The van der Waals surface area contributed by atoms with Gasteiger partial charge in [-0.25, -0.2) is 4.98 Å². The number of nitrogens with zero attached hydrogens (tertiary/aromatic N) is 3. The smallest absolute Gasteiger partial charge is 0.280 e. The molecule has 0 fully saturated rings. The quantitative estimate of drug-likeness (QED) is 0.434. The van der Waals surface area contributed by atoms with Crippen LogP contribution < -0.4 is 11.3 Å². The average molecular weight is 291 g/mol. The summed E-state index contributed by atoms with van der Waals surface area (Å²) in [6.07, 6.45) is 0.680. The molecule has 0 aliphatic carbocycles. The van der Waals surface area contributed by atoms with E-state index in [-0.39, 0.29) is 48.0 Å². The van der Waals surface area contributed by atoms with E-state index in [0.29, 0.717) is 0 Å². The Bertz CT molecular complexity index is 592. The lowest BCUT2D eigenvalue weighted by atomic mass is 10.4. The number of hydrogen-bond acceptors (Lipinski definition) is 7. The van der Waals surface area contributed by atoms with Crippen molar-refractivity contribution in [3.63, 3.8) is 0 Å². The molecule has 2 heterocycles. The number of nitrogens with one attached hydrogen (secondary N) is 1. The second-order valence-electron chi connectivity index (χ2n) is 3.62. The Morgan fingerprint density at radius 2 is 2.05 bits per heavy atom. The lowest BCUT2D eigenvalue weighted by Crippen LogP contribution is -2.23. The van der Waals surface area contributed by atoms with Crippen LogP contribution in [0, 0.1) is 0 Å². The molecular weight excluding hydrogens is 274 g/mol. The zero-order chi connectivity index (χ0) is 13.1. The van der Waals surface area contributed by atoms with Crippen LogP contribution in [0.1, 0.15) is 0 Å². The molecule has 0 aliphatic heterocycles. The van der Waals surface area contributed by atoms with Crippen LogP contribution in [0.2, 0.25) is 0 Å². The number of hydrogen-bond donors (Lipinski definition) is 4. The monoisotopic (exact) mass is 291 g/mol. The Morgan fingerprint density at radius 3 is 2.65 bits per heavy atom. The molecule has 0 bridgehead atoms. The van der Waals surface area contributed by atoms with Crippen molar-refractivity contribution in [1.29, 1.82) is 0 Å². The van der Waals surface area contributed by atoms with E-state index in [1.165, 1.54) is 10.9 Å². The molecule has 20 heavy (non-hydrogen) atoms. The van der Waals surface area contributed by atoms with Crippen LogP contribution in [-0.2, 0) is 11.5 Å². The van der Waals surface area contributed by atoms with E-state index >= 15 is 0 Å². The summed E-state index contributed by atoms with van der Waals surface area (Å²) in [4.78, 5) is 21.6. The van der Waals surface area contributed by atoms with Gasteiger partial charge in [0.05, 0.1) is 19.5 Å². The van der Waals surface area contributed by atoms with E-state index in [4.69, 9.17) is 20.7 Å². The highest BCUT2D eigenvalue weighted by Gasteiger charge is 2.11. The fraction of sp³-hybridized carbons (Fsp3) is 0.444. The summed E-state index contributed by atoms with van der Waals surface area (Å²) in [5.74, 6) is -0.0184. The van der Waals surface area contributed by atoms with Gasteiger partial charge in [-0.3, -0.25) is 14.3 Å². The molecule has 2 aromatic rings. The van der Waals surface area contributed by atoms with Crippen molar-refractivity contribution in [2.24, 2.45) is 0 Å². The second-order valence-corrected chi connectivity index (χ2v) is 3.62. The minimum absolute atomic E-state index is 0. The van der Waals surface area contributed by atoms with Gasteiger partial charge in [0.1, 0.15) is 12.8 Å². The van der Waals surface area contributed by atoms with E-state index in [1.807, 2.05) is 0 Å². The maximum atomic E-state index is 11.5. The topological polar surface area (TPSA) is 202 Å². The molecule has 0 atom stereocenters. The summed E-state index contributed by atoms with van der Waals surface area (Å²) < 4.78 is 6.66. The van der Waals surface area contributed by atoms with Gasteiger partial charge in [-0.15, -0.1) is 0 Å². The number of aromatic amines is 1. The number of imidazole rings is 1. The fourth-order valence-electron chi connectivity index (χ4n) is 1.41. The Balaban J connectivity index is 0.00000180. The van der Waals surface area contributed by atoms with Gasteiger partial charge >= 0.3 is 0 Å². The van der Waals surface area contributed by atoms with Crippen LogP contribution in [0.3, 0.4) is 0 Å². The largest absolute Gasteiger partial charge is 0.412 e. The van der Waals surface area contributed by atoms with E-state index in [1.54, 1.807) is 0 Å². The summed E-state index contributed by atoms with van der Waals surface area (Å²) in [5, 5.41) is 17.7. The third-order valence-electron chi connectivity index (χ3n) is 2.35. The number of ether oxygens (including phenoxy) is 1. The summed E-state index contributed by atoms with van der Waals surface area (Å²) in [7, 11) is 0. The van der Waals surface area contributed by atoms with Crippen molar-refractivity contribution in [2.75, 3.05) is 18.9 Å². The van der Waals surface area contributed by atoms with Crippen molar-refractivity contribution >= 4 is 17.1 Å². The first kappa shape index (κ1) is 17.9. The zero-order valence-electron chi connectivity index (χ0n) is 10.4. The van der Waals surface area contributed by atoms with Crippen LogP contribution in [0.15, 0.2) is 11.1 Å². The van der Waals surface area contributed by atoms with E-state index in [9.17, 15) is 4.79 Å². The molecular formula is C9H17N5O6. The second kappa shape index (κ2) is 7.52. The van der Waals surface area contributed by atoms with Crippen molar-refractivity contribution in [2.45, 2.75) is 12.8 Å². The molecule has 0 amide bonds. The molecule has 11 heteroatoms. The van der Waals surface area contributed by atoms with Crippen LogP contribution in [0.5, 0.6) is 0 Å². The highest BCUT2D eigenvalue weighted by Crippen LogP contribution is 2.07. The molecule has 0 aliphatic rings. The Morgan fingerprint density at radius 1 is 1.40 bits per heavy atom.